The topological polar surface area (TPSA) is 34.1 Å². The fourth-order valence-electron chi connectivity index (χ4n) is 3.96. The van der Waals surface area contributed by atoms with Gasteiger partial charge in [-0.3, -0.25) is 0 Å². The van der Waals surface area contributed by atoms with E-state index < -0.39 is 0 Å². The molecule has 3 nitrogen and oxygen atoms in total. The number of hydrogen-bond donors (Lipinski definition) is 1. The molecule has 110 valence electrons. The maximum atomic E-state index is 5.09. The zero-order valence-electron chi connectivity index (χ0n) is 12.5. The molecule has 1 spiro atoms. The van der Waals surface area contributed by atoms with E-state index in [0.29, 0.717) is 11.9 Å². The number of methoxy groups -OCH3 is 1. The molecule has 1 aromatic heterocycles. The Hall–Kier alpha value is -1.09. The Morgan fingerprint density at radius 3 is 2.55 bits per heavy atom. The molecule has 0 bridgehead atoms. The summed E-state index contributed by atoms with van der Waals surface area (Å²) in [5, 5.41) is 3.70. The third-order valence-corrected chi connectivity index (χ3v) is 5.31. The zero-order valence-corrected chi connectivity index (χ0v) is 12.5. The highest BCUT2D eigenvalue weighted by Gasteiger charge is 2.37. The number of ether oxygens (including phenoxy) is 1. The minimum absolute atomic E-state index is 0.689. The first-order chi connectivity index (χ1) is 9.80. The van der Waals surface area contributed by atoms with E-state index in [1.165, 1.54) is 56.9 Å². The van der Waals surface area contributed by atoms with Crippen molar-refractivity contribution >= 4 is 0 Å². The van der Waals surface area contributed by atoms with E-state index in [4.69, 9.17) is 4.74 Å². The molecule has 2 aliphatic rings. The van der Waals surface area contributed by atoms with Crippen molar-refractivity contribution in [2.45, 2.75) is 64.0 Å². The number of aromatic nitrogens is 1. The third kappa shape index (κ3) is 3.14. The highest BCUT2D eigenvalue weighted by molar-refractivity contribution is 5.17. The lowest BCUT2D eigenvalue weighted by atomic mass is 9.71. The van der Waals surface area contributed by atoms with Gasteiger partial charge in [0.1, 0.15) is 0 Å². The lowest BCUT2D eigenvalue weighted by molar-refractivity contribution is 0.168. The second kappa shape index (κ2) is 6.13. The molecule has 20 heavy (non-hydrogen) atoms. The van der Waals surface area contributed by atoms with E-state index in [2.05, 4.69) is 16.4 Å². The quantitative estimate of drug-likeness (QED) is 0.909. The number of nitrogens with one attached hydrogen (secondary N) is 1. The van der Waals surface area contributed by atoms with Crippen LogP contribution in [0, 0.1) is 5.41 Å². The van der Waals surface area contributed by atoms with Gasteiger partial charge < -0.3 is 10.1 Å². The SMILES string of the molecule is COc1ccc(CNC2CCC3(CCCC3)CC2)cn1. The van der Waals surface area contributed by atoms with Crippen LogP contribution in [0.5, 0.6) is 5.88 Å². The smallest absolute Gasteiger partial charge is 0.212 e. The van der Waals surface area contributed by atoms with Crippen LogP contribution in [0.15, 0.2) is 18.3 Å². The number of rotatable bonds is 4. The van der Waals surface area contributed by atoms with Crippen molar-refractivity contribution in [1.82, 2.24) is 10.3 Å². The monoisotopic (exact) mass is 274 g/mol. The molecule has 0 aliphatic heterocycles. The van der Waals surface area contributed by atoms with Crippen LogP contribution in [-0.4, -0.2) is 18.1 Å². The number of nitrogens with zero attached hydrogens (tertiary/aromatic N) is 1. The summed E-state index contributed by atoms with van der Waals surface area (Å²) in [5.74, 6) is 0.689. The molecule has 1 N–H and O–H groups in total. The van der Waals surface area contributed by atoms with Gasteiger partial charge in [-0.1, -0.05) is 18.9 Å². The standard InChI is InChI=1S/C17H26N2O/c1-20-16-5-4-14(13-19-16)12-18-15-6-10-17(11-7-15)8-2-3-9-17/h4-5,13,15,18H,2-3,6-12H2,1H3. The summed E-state index contributed by atoms with van der Waals surface area (Å²) in [6, 6.07) is 4.73. The highest BCUT2D eigenvalue weighted by atomic mass is 16.5. The maximum Gasteiger partial charge on any atom is 0.212 e. The molecule has 2 saturated carbocycles. The molecule has 2 fully saturated rings. The van der Waals surface area contributed by atoms with Crippen molar-refractivity contribution in [2.75, 3.05) is 7.11 Å². The van der Waals surface area contributed by atoms with Crippen LogP contribution in [0.25, 0.3) is 0 Å². The lowest BCUT2D eigenvalue weighted by Gasteiger charge is -2.37. The largest absolute Gasteiger partial charge is 0.481 e. The predicted octanol–water partition coefficient (Wildman–Crippen LogP) is 3.68. The lowest BCUT2D eigenvalue weighted by Crippen LogP contribution is -2.36. The molecule has 3 rings (SSSR count). The van der Waals surface area contributed by atoms with Crippen molar-refractivity contribution in [1.29, 1.82) is 0 Å². The van der Waals surface area contributed by atoms with Crippen LogP contribution in [0.1, 0.15) is 56.9 Å². The molecule has 2 aliphatic carbocycles. The second-order valence-electron chi connectivity index (χ2n) is 6.57. The normalized spacial score (nSPS) is 22.2. The van der Waals surface area contributed by atoms with Gasteiger partial charge in [0.2, 0.25) is 5.88 Å². The molecule has 3 heteroatoms. The molecule has 1 heterocycles. The van der Waals surface area contributed by atoms with E-state index >= 15 is 0 Å². The predicted molar refractivity (Wildman–Crippen MR) is 80.8 cm³/mol. The van der Waals surface area contributed by atoms with Gasteiger partial charge in [-0.2, -0.15) is 0 Å². The Labute approximate surface area is 122 Å². The summed E-state index contributed by atoms with van der Waals surface area (Å²) in [6.45, 7) is 0.925. The van der Waals surface area contributed by atoms with Gasteiger partial charge >= 0.3 is 0 Å². The van der Waals surface area contributed by atoms with Crippen LogP contribution in [0.3, 0.4) is 0 Å². The molecule has 0 atom stereocenters. The van der Waals surface area contributed by atoms with Crippen molar-refractivity contribution in [3.8, 4) is 5.88 Å². The average Bonchev–Trinajstić information content (AvgIpc) is 2.96. The van der Waals surface area contributed by atoms with E-state index in [1.54, 1.807) is 7.11 Å². The van der Waals surface area contributed by atoms with Crippen LogP contribution in [0.4, 0.5) is 0 Å². The van der Waals surface area contributed by atoms with Gasteiger partial charge in [0.15, 0.2) is 0 Å². The first kappa shape index (κ1) is 13.9. The average molecular weight is 274 g/mol. The van der Waals surface area contributed by atoms with Gasteiger partial charge in [-0.05, 0) is 49.5 Å². The fraction of sp³-hybridized carbons (Fsp3) is 0.706. The van der Waals surface area contributed by atoms with E-state index in [-0.39, 0.29) is 0 Å². The van der Waals surface area contributed by atoms with Gasteiger partial charge in [-0.25, -0.2) is 4.98 Å². The Morgan fingerprint density at radius 1 is 1.20 bits per heavy atom. The first-order valence-electron chi connectivity index (χ1n) is 8.02. The minimum Gasteiger partial charge on any atom is -0.481 e. The van der Waals surface area contributed by atoms with Gasteiger partial charge in [0.25, 0.3) is 0 Å². The van der Waals surface area contributed by atoms with Crippen LogP contribution >= 0.6 is 0 Å². The molecule has 0 unspecified atom stereocenters. The summed E-state index contributed by atoms with van der Waals surface area (Å²) >= 11 is 0. The summed E-state index contributed by atoms with van der Waals surface area (Å²) in [4.78, 5) is 4.26. The number of pyridine rings is 1. The van der Waals surface area contributed by atoms with Crippen LogP contribution in [-0.2, 0) is 6.54 Å². The molecule has 0 amide bonds. The third-order valence-electron chi connectivity index (χ3n) is 5.31. The molecular formula is C17H26N2O. The Morgan fingerprint density at radius 2 is 1.95 bits per heavy atom. The molecule has 0 saturated heterocycles. The van der Waals surface area contributed by atoms with Crippen molar-refractivity contribution in [3.05, 3.63) is 23.9 Å². The molecular weight excluding hydrogens is 248 g/mol. The molecule has 1 aromatic rings. The summed E-state index contributed by atoms with van der Waals surface area (Å²) < 4.78 is 5.09. The maximum absolute atomic E-state index is 5.09. The van der Waals surface area contributed by atoms with Gasteiger partial charge in [-0.15, -0.1) is 0 Å². The Kier molecular flexibility index (Phi) is 4.25. The highest BCUT2D eigenvalue weighted by Crippen LogP contribution is 2.48. The first-order valence-corrected chi connectivity index (χ1v) is 8.02. The van der Waals surface area contributed by atoms with Crippen molar-refractivity contribution in [2.24, 2.45) is 5.41 Å². The minimum atomic E-state index is 0.689. The summed E-state index contributed by atoms with van der Waals surface area (Å²) in [6.07, 6.45) is 13.4. The summed E-state index contributed by atoms with van der Waals surface area (Å²) in [7, 11) is 1.65. The van der Waals surface area contributed by atoms with Crippen LogP contribution in [0.2, 0.25) is 0 Å². The molecule has 0 aromatic carbocycles. The van der Waals surface area contributed by atoms with Crippen molar-refractivity contribution in [3.63, 3.8) is 0 Å². The Bertz CT molecular complexity index is 413. The van der Waals surface area contributed by atoms with E-state index in [9.17, 15) is 0 Å². The van der Waals surface area contributed by atoms with E-state index in [0.717, 1.165) is 12.0 Å². The Balaban J connectivity index is 1.45. The zero-order chi connectivity index (χ0) is 13.8. The second-order valence-corrected chi connectivity index (χ2v) is 6.57. The summed E-state index contributed by atoms with van der Waals surface area (Å²) in [5.41, 5.74) is 1.98. The van der Waals surface area contributed by atoms with Gasteiger partial charge in [0, 0.05) is 24.8 Å². The van der Waals surface area contributed by atoms with Gasteiger partial charge in [0.05, 0.1) is 7.11 Å². The van der Waals surface area contributed by atoms with Crippen molar-refractivity contribution < 1.29 is 4.74 Å². The van der Waals surface area contributed by atoms with E-state index in [1.807, 2.05) is 12.3 Å². The number of hydrogen-bond acceptors (Lipinski definition) is 3. The van der Waals surface area contributed by atoms with Crippen LogP contribution < -0.4 is 10.1 Å². The fourth-order valence-corrected chi connectivity index (χ4v) is 3.96. The molecule has 0 radical (unpaired) electrons.